The van der Waals surface area contributed by atoms with Crippen LogP contribution in [-0.4, -0.2) is 204 Å². The third kappa shape index (κ3) is 25.1. The van der Waals surface area contributed by atoms with Gasteiger partial charge in [0.2, 0.25) is 0 Å². The lowest BCUT2D eigenvalue weighted by Crippen LogP contribution is -2.49. The van der Waals surface area contributed by atoms with Gasteiger partial charge < -0.3 is 82.0 Å². The number of ether oxygens (including phenoxy) is 10. The molecule has 0 radical (unpaired) electrons. The van der Waals surface area contributed by atoms with Crippen molar-refractivity contribution in [2.75, 3.05) is 122 Å². The summed E-state index contributed by atoms with van der Waals surface area (Å²) in [5.74, 6) is -5.93. The van der Waals surface area contributed by atoms with E-state index in [2.05, 4.69) is 31.5 Å². The van der Waals surface area contributed by atoms with Crippen molar-refractivity contribution in [2.24, 2.45) is 0 Å². The summed E-state index contributed by atoms with van der Waals surface area (Å²) in [7, 11) is 12.2. The summed E-state index contributed by atoms with van der Waals surface area (Å²) < 4.78 is 56.0. The molecule has 0 heterocycles. The molecule has 103 heavy (non-hydrogen) atoms. The SMILES string of the molecule is CCCC(C#N)(CCCN(C)C(C)c1ccc(OC(OC(=O)C(=O)OC(Oc2ccc(C(C)N(C)CCCC(C#N)(CCC)c3ccc(OC)c(OC)c3)cc2OC)C(=O)N(CCO[N+](=O)[O-])CCO[N+](=O)[O-])C(=O)N(CCO[N+](=O)[O-])CCO[N+](=O)[O-])c(OC)c1)c1ccc(OC)c(OC)c1.O. The van der Waals surface area contributed by atoms with Gasteiger partial charge >= 0.3 is 36.3 Å². The van der Waals surface area contributed by atoms with E-state index in [0.717, 1.165) is 11.1 Å². The van der Waals surface area contributed by atoms with Crippen LogP contribution in [0.1, 0.15) is 113 Å². The normalized spacial score (nSPS) is 13.1. The summed E-state index contributed by atoms with van der Waals surface area (Å²) >= 11 is 0. The zero-order valence-corrected chi connectivity index (χ0v) is 59.6. The van der Waals surface area contributed by atoms with Crippen molar-refractivity contribution < 1.29 is 112 Å². The van der Waals surface area contributed by atoms with Crippen LogP contribution in [0.2, 0.25) is 0 Å². The van der Waals surface area contributed by atoms with Crippen molar-refractivity contribution in [2.45, 2.75) is 115 Å². The van der Waals surface area contributed by atoms with E-state index >= 15 is 0 Å². The maximum atomic E-state index is 14.6. The lowest BCUT2D eigenvalue weighted by Gasteiger charge is -2.30. The van der Waals surface area contributed by atoms with Gasteiger partial charge in [-0.3, -0.25) is 19.4 Å². The average molecular weight is 1460 g/mol. The van der Waals surface area contributed by atoms with Gasteiger partial charge in [0, 0.05) is 38.3 Å². The number of carbonyl (C=O) groups is 4. The Morgan fingerprint density at radius 3 is 1.01 bits per heavy atom. The summed E-state index contributed by atoms with van der Waals surface area (Å²) in [4.78, 5) is 125. The molecule has 0 aliphatic rings. The number of esters is 2. The van der Waals surface area contributed by atoms with Gasteiger partial charge in [-0.25, -0.2) is 9.59 Å². The van der Waals surface area contributed by atoms with Crippen molar-refractivity contribution in [3.05, 3.63) is 136 Å². The monoisotopic (exact) mass is 1450 g/mol. The number of hydrogen-bond donors (Lipinski definition) is 0. The van der Waals surface area contributed by atoms with Crippen LogP contribution in [0.4, 0.5) is 0 Å². The molecule has 37 nitrogen and oxygen atoms in total. The Bertz CT molecular complexity index is 3290. The minimum atomic E-state index is -2.62. The van der Waals surface area contributed by atoms with Crippen molar-refractivity contribution in [1.82, 2.24) is 19.6 Å². The molecule has 0 fully saturated rings. The number of carbonyl (C=O) groups excluding carboxylic acids is 4. The first-order valence-corrected chi connectivity index (χ1v) is 32.1. The first-order chi connectivity index (χ1) is 48.7. The van der Waals surface area contributed by atoms with Gasteiger partial charge in [0.05, 0.1) is 65.6 Å². The zero-order chi connectivity index (χ0) is 75.7. The largest absolute Gasteiger partial charge is 0.493 e. The van der Waals surface area contributed by atoms with E-state index in [0.29, 0.717) is 108 Å². The molecule has 2 amide bonds. The summed E-state index contributed by atoms with van der Waals surface area (Å²) in [5.41, 5.74) is 1.03. The molecule has 2 N–H and O–H groups in total. The van der Waals surface area contributed by atoms with Crippen LogP contribution in [0.3, 0.4) is 0 Å². The molecule has 6 atom stereocenters. The quantitative estimate of drug-likeness (QED) is 0.0146. The number of nitrogens with zero attached hydrogens (tertiary/aromatic N) is 10. The lowest BCUT2D eigenvalue weighted by molar-refractivity contribution is -0.758. The molecule has 4 aromatic rings. The van der Waals surface area contributed by atoms with Crippen LogP contribution in [0.5, 0.6) is 46.0 Å². The van der Waals surface area contributed by atoms with Crippen molar-refractivity contribution in [1.29, 1.82) is 10.5 Å². The van der Waals surface area contributed by atoms with Crippen molar-refractivity contribution >= 4 is 23.8 Å². The van der Waals surface area contributed by atoms with Crippen LogP contribution < -0.4 is 37.9 Å². The average Bonchev–Trinajstić information content (AvgIpc) is 0.806. The van der Waals surface area contributed by atoms with Gasteiger partial charge in [-0.1, -0.05) is 51.0 Å². The molecule has 566 valence electrons. The molecule has 0 aliphatic heterocycles. The predicted octanol–water partition coefficient (Wildman–Crippen LogP) is 6.67. The minimum Gasteiger partial charge on any atom is -0.493 e. The number of rotatable bonds is 48. The Hall–Kier alpha value is -11.2. The van der Waals surface area contributed by atoms with Gasteiger partial charge in [-0.2, -0.15) is 10.5 Å². The van der Waals surface area contributed by atoms with Gasteiger partial charge in [0.25, 0.3) is 20.3 Å². The molecule has 0 bridgehead atoms. The van der Waals surface area contributed by atoms with Gasteiger partial charge in [0.15, 0.2) is 46.0 Å². The fourth-order valence-corrected chi connectivity index (χ4v) is 11.2. The highest BCUT2D eigenvalue weighted by atomic mass is 17.0. The van der Waals surface area contributed by atoms with E-state index in [4.69, 9.17) is 47.4 Å². The van der Waals surface area contributed by atoms with Crippen molar-refractivity contribution in [3.8, 4) is 58.1 Å². The van der Waals surface area contributed by atoms with Crippen LogP contribution in [0.15, 0.2) is 72.8 Å². The molecular formula is C66H90N10O27. The predicted molar refractivity (Wildman–Crippen MR) is 360 cm³/mol. The molecule has 4 aromatic carbocycles. The Kier molecular flexibility index (Phi) is 35.8. The van der Waals surface area contributed by atoms with Gasteiger partial charge in [0.1, 0.15) is 26.4 Å². The highest BCUT2D eigenvalue weighted by molar-refractivity contribution is 6.30. The molecule has 0 saturated heterocycles. The first kappa shape index (κ1) is 86.0. The number of methoxy groups -OCH3 is 6. The Balaban J connectivity index is 0.0000276. The third-order valence-corrected chi connectivity index (χ3v) is 16.9. The summed E-state index contributed by atoms with van der Waals surface area (Å²) in [6.07, 6.45) is -0.637. The number of nitriles is 2. The summed E-state index contributed by atoms with van der Waals surface area (Å²) in [5, 5.41) is 61.4. The zero-order valence-electron chi connectivity index (χ0n) is 59.6. The molecule has 6 unspecified atom stereocenters. The smallest absolute Gasteiger partial charge is 0.421 e. The minimum absolute atomic E-state index is 0. The van der Waals surface area contributed by atoms with Gasteiger partial charge in [-0.05, 0) is 150 Å². The van der Waals surface area contributed by atoms with E-state index in [-0.39, 0.29) is 40.6 Å². The van der Waals surface area contributed by atoms with Crippen molar-refractivity contribution in [3.63, 3.8) is 0 Å². The van der Waals surface area contributed by atoms with Crippen LogP contribution >= 0.6 is 0 Å². The summed E-state index contributed by atoms with van der Waals surface area (Å²) in [6, 6.07) is 24.0. The second kappa shape index (κ2) is 42.8. The molecule has 0 aliphatic carbocycles. The Morgan fingerprint density at radius 1 is 0.447 bits per heavy atom. The van der Waals surface area contributed by atoms with E-state index < -0.39 is 120 Å². The topological polar surface area (TPSA) is 462 Å². The van der Waals surface area contributed by atoms with E-state index in [1.54, 1.807) is 36.4 Å². The van der Waals surface area contributed by atoms with Crippen LogP contribution in [0.25, 0.3) is 0 Å². The standard InChI is InChI=1S/C66H88N10O26.H2O/c1-13-25-65(43-67,49-19-23-51(89-7)57(41-49)93-11)27-15-29-69(5)45(3)47-17-21-53(55(39-47)91-9)99-63(59(77)71(31-35-95-73(81)82)32-36-96-74(83)84)101-61(79)62(80)102-64(60(78)72(33-37-97-75(85)86)34-38-98-76(87)88)100-54-22-18-48(40-56(54)92-10)46(4)70(6)30-16-28-66(44-68,26-14-2)50-20-24-52(90-8)58(42-50)94-12;/h17-24,39-42,45-46,63-64H,13-16,25-38H2,1-12H3;1H2. The molecule has 0 aromatic heterocycles. The highest BCUT2D eigenvalue weighted by Gasteiger charge is 2.40. The summed E-state index contributed by atoms with van der Waals surface area (Å²) in [6.45, 7) is 2.26. The molecule has 0 saturated carbocycles. The van der Waals surface area contributed by atoms with E-state index in [1.807, 2.05) is 63.7 Å². The maximum absolute atomic E-state index is 14.6. The van der Waals surface area contributed by atoms with E-state index in [9.17, 15) is 70.2 Å². The lowest BCUT2D eigenvalue weighted by atomic mass is 9.74. The molecule has 37 heteroatoms. The molecule has 4 rings (SSSR count). The van der Waals surface area contributed by atoms with E-state index in [1.165, 1.54) is 66.9 Å². The fourth-order valence-electron chi connectivity index (χ4n) is 11.2. The van der Waals surface area contributed by atoms with Crippen LogP contribution in [0, 0.1) is 63.1 Å². The van der Waals surface area contributed by atoms with Gasteiger partial charge in [-0.15, -0.1) is 40.5 Å². The second-order valence-electron chi connectivity index (χ2n) is 23.0. The number of benzene rings is 4. The third-order valence-electron chi connectivity index (χ3n) is 16.9. The fraction of sp³-hybridized carbons (Fsp3) is 0.545. The van der Waals surface area contributed by atoms with Crippen LogP contribution in [-0.2, 0) is 58.8 Å². The first-order valence-electron chi connectivity index (χ1n) is 32.1. The second-order valence-corrected chi connectivity index (χ2v) is 23.0. The highest BCUT2D eigenvalue weighted by Crippen LogP contribution is 2.42. The number of amides is 2. The number of hydrogen-bond acceptors (Lipinski definition) is 30. The Labute approximate surface area is 594 Å². The maximum Gasteiger partial charge on any atom is 0.421 e. The Morgan fingerprint density at radius 2 is 0.738 bits per heavy atom. The molecular weight excluding hydrogens is 1360 g/mol. The molecule has 0 spiro atoms.